The third-order valence-electron chi connectivity index (χ3n) is 4.62. The van der Waals surface area contributed by atoms with Crippen molar-refractivity contribution in [3.63, 3.8) is 0 Å². The SMILES string of the molecule is Cc1ccccc1CSC(Nc1ccccc1)=C(C#N)C(=O)Nc1ccccc1C. The summed E-state index contributed by atoms with van der Waals surface area (Å²) in [6.45, 7) is 3.97. The molecule has 0 aliphatic heterocycles. The van der Waals surface area contributed by atoms with E-state index in [1.165, 1.54) is 17.3 Å². The van der Waals surface area contributed by atoms with Crippen LogP contribution in [0.4, 0.5) is 11.4 Å². The summed E-state index contributed by atoms with van der Waals surface area (Å²) in [5.41, 5.74) is 4.84. The van der Waals surface area contributed by atoms with Crippen LogP contribution in [0.1, 0.15) is 16.7 Å². The van der Waals surface area contributed by atoms with Gasteiger partial charge in [-0.15, -0.1) is 11.8 Å². The molecule has 4 nitrogen and oxygen atoms in total. The van der Waals surface area contributed by atoms with E-state index in [0.717, 1.165) is 16.8 Å². The maximum absolute atomic E-state index is 13.0. The van der Waals surface area contributed by atoms with Crippen molar-refractivity contribution in [3.8, 4) is 6.07 Å². The Morgan fingerprint density at radius 3 is 2.17 bits per heavy atom. The van der Waals surface area contributed by atoms with Crippen LogP contribution >= 0.6 is 11.8 Å². The molecule has 0 radical (unpaired) electrons. The highest BCUT2D eigenvalue weighted by molar-refractivity contribution is 8.02. The fourth-order valence-electron chi connectivity index (χ4n) is 2.85. The standard InChI is InChI=1S/C25H23N3OS/c1-18-10-6-8-12-20(18)17-30-25(27-21-13-4-3-5-14-21)22(16-26)24(29)28-23-15-9-7-11-19(23)2/h3-15,27H,17H2,1-2H3,(H,28,29). The van der Waals surface area contributed by atoms with Gasteiger partial charge in [0, 0.05) is 17.1 Å². The number of thioether (sulfide) groups is 1. The number of nitrogens with zero attached hydrogens (tertiary/aromatic N) is 1. The number of nitriles is 1. The van der Waals surface area contributed by atoms with Gasteiger partial charge in [-0.2, -0.15) is 5.26 Å². The third-order valence-corrected chi connectivity index (χ3v) is 5.67. The van der Waals surface area contributed by atoms with E-state index in [1.807, 2.05) is 73.7 Å². The van der Waals surface area contributed by atoms with Crippen LogP contribution in [0.15, 0.2) is 89.5 Å². The average Bonchev–Trinajstić information content (AvgIpc) is 2.76. The molecule has 0 spiro atoms. The molecule has 0 saturated heterocycles. The second kappa shape index (κ2) is 10.3. The topological polar surface area (TPSA) is 64.9 Å². The molecule has 150 valence electrons. The average molecular weight is 414 g/mol. The summed E-state index contributed by atoms with van der Waals surface area (Å²) in [5.74, 6) is 0.215. The molecule has 0 bridgehead atoms. The second-order valence-corrected chi connectivity index (χ2v) is 7.78. The van der Waals surface area contributed by atoms with Crippen molar-refractivity contribution in [3.05, 3.63) is 106 Å². The van der Waals surface area contributed by atoms with E-state index in [-0.39, 0.29) is 5.57 Å². The first-order chi connectivity index (χ1) is 14.6. The van der Waals surface area contributed by atoms with Gasteiger partial charge < -0.3 is 10.6 Å². The second-order valence-electron chi connectivity index (χ2n) is 6.79. The first-order valence-corrected chi connectivity index (χ1v) is 10.6. The van der Waals surface area contributed by atoms with E-state index in [1.54, 1.807) is 0 Å². The van der Waals surface area contributed by atoms with Crippen molar-refractivity contribution >= 4 is 29.0 Å². The van der Waals surface area contributed by atoms with Crippen molar-refractivity contribution in [1.29, 1.82) is 5.26 Å². The van der Waals surface area contributed by atoms with Crippen LogP contribution in [-0.2, 0) is 10.5 Å². The van der Waals surface area contributed by atoms with Crippen molar-refractivity contribution in [2.24, 2.45) is 0 Å². The first-order valence-electron chi connectivity index (χ1n) is 9.59. The van der Waals surface area contributed by atoms with Crippen LogP contribution in [0.25, 0.3) is 0 Å². The van der Waals surface area contributed by atoms with E-state index in [0.29, 0.717) is 16.5 Å². The lowest BCUT2D eigenvalue weighted by molar-refractivity contribution is -0.112. The Morgan fingerprint density at radius 2 is 1.50 bits per heavy atom. The van der Waals surface area contributed by atoms with Gasteiger partial charge in [0.1, 0.15) is 11.6 Å². The van der Waals surface area contributed by atoms with Crippen LogP contribution in [0.3, 0.4) is 0 Å². The molecule has 5 heteroatoms. The van der Waals surface area contributed by atoms with E-state index in [9.17, 15) is 10.1 Å². The van der Waals surface area contributed by atoms with Gasteiger partial charge in [0.25, 0.3) is 5.91 Å². The summed E-state index contributed by atoms with van der Waals surface area (Å²) in [4.78, 5) is 13.0. The molecule has 3 aromatic rings. The van der Waals surface area contributed by atoms with Crippen molar-refractivity contribution in [2.75, 3.05) is 10.6 Å². The van der Waals surface area contributed by atoms with Gasteiger partial charge in [0.05, 0.1) is 5.03 Å². The van der Waals surface area contributed by atoms with Crippen molar-refractivity contribution < 1.29 is 4.79 Å². The number of para-hydroxylation sites is 2. The number of benzene rings is 3. The minimum atomic E-state index is -0.428. The molecule has 0 unspecified atom stereocenters. The number of carbonyl (C=O) groups excluding carboxylic acids is 1. The lowest BCUT2D eigenvalue weighted by Crippen LogP contribution is -2.17. The fraction of sp³-hybridized carbons (Fsp3) is 0.120. The zero-order valence-corrected chi connectivity index (χ0v) is 17.8. The molecule has 3 rings (SSSR count). The largest absolute Gasteiger partial charge is 0.349 e. The molecule has 0 aliphatic rings. The number of anilines is 2. The Hall–Kier alpha value is -3.49. The van der Waals surface area contributed by atoms with E-state index in [4.69, 9.17) is 0 Å². The zero-order chi connectivity index (χ0) is 21.3. The van der Waals surface area contributed by atoms with Crippen LogP contribution in [0.2, 0.25) is 0 Å². The fourth-order valence-corrected chi connectivity index (χ4v) is 3.94. The Morgan fingerprint density at radius 1 is 0.867 bits per heavy atom. The molecule has 3 aromatic carbocycles. The number of hydrogen-bond acceptors (Lipinski definition) is 4. The van der Waals surface area contributed by atoms with Crippen molar-refractivity contribution in [2.45, 2.75) is 19.6 Å². The minimum Gasteiger partial charge on any atom is -0.349 e. The molecule has 30 heavy (non-hydrogen) atoms. The van der Waals surface area contributed by atoms with Gasteiger partial charge in [-0.05, 0) is 48.7 Å². The minimum absolute atomic E-state index is 0.0562. The zero-order valence-electron chi connectivity index (χ0n) is 17.0. The maximum atomic E-state index is 13.0. The highest BCUT2D eigenvalue weighted by atomic mass is 32.2. The van der Waals surface area contributed by atoms with Gasteiger partial charge in [-0.3, -0.25) is 4.79 Å². The summed E-state index contributed by atoms with van der Waals surface area (Å²) < 4.78 is 0. The van der Waals surface area contributed by atoms with Crippen LogP contribution in [-0.4, -0.2) is 5.91 Å². The molecule has 0 aliphatic carbocycles. The monoisotopic (exact) mass is 413 g/mol. The maximum Gasteiger partial charge on any atom is 0.269 e. The lowest BCUT2D eigenvalue weighted by Gasteiger charge is -2.15. The summed E-state index contributed by atoms with van der Waals surface area (Å²) in [5, 5.41) is 16.5. The third kappa shape index (κ3) is 5.53. The predicted molar refractivity (Wildman–Crippen MR) is 125 cm³/mol. The summed E-state index contributed by atoms with van der Waals surface area (Å²) in [7, 11) is 0. The quantitative estimate of drug-likeness (QED) is 0.367. The lowest BCUT2D eigenvalue weighted by atomic mass is 10.1. The normalized spacial score (nSPS) is 11.2. The molecule has 1 amide bonds. The van der Waals surface area contributed by atoms with Crippen LogP contribution < -0.4 is 10.6 Å². The van der Waals surface area contributed by atoms with Crippen molar-refractivity contribution in [1.82, 2.24) is 0 Å². The Bertz CT molecular complexity index is 1100. The molecule has 0 aromatic heterocycles. The first kappa shape index (κ1) is 21.2. The van der Waals surface area contributed by atoms with Gasteiger partial charge in [0.15, 0.2) is 0 Å². The highest BCUT2D eigenvalue weighted by Gasteiger charge is 2.18. The smallest absolute Gasteiger partial charge is 0.269 e. The van der Waals surface area contributed by atoms with Gasteiger partial charge in [-0.1, -0.05) is 60.7 Å². The number of carbonyl (C=O) groups is 1. The number of nitrogens with one attached hydrogen (secondary N) is 2. The van der Waals surface area contributed by atoms with Crippen LogP contribution in [0.5, 0.6) is 0 Å². The molecule has 0 atom stereocenters. The summed E-state index contributed by atoms with van der Waals surface area (Å²) in [6, 6.07) is 27.3. The Balaban J connectivity index is 1.91. The number of hydrogen-bond donors (Lipinski definition) is 2. The van der Waals surface area contributed by atoms with Gasteiger partial charge in [-0.25, -0.2) is 0 Å². The van der Waals surface area contributed by atoms with Crippen LogP contribution in [0, 0.1) is 25.2 Å². The predicted octanol–water partition coefficient (Wildman–Crippen LogP) is 6.02. The Labute approximate surface area is 181 Å². The summed E-state index contributed by atoms with van der Waals surface area (Å²) >= 11 is 1.44. The van der Waals surface area contributed by atoms with E-state index < -0.39 is 5.91 Å². The molecular formula is C25H23N3OS. The molecule has 0 fully saturated rings. The van der Waals surface area contributed by atoms with E-state index >= 15 is 0 Å². The molecule has 0 heterocycles. The molecule has 2 N–H and O–H groups in total. The van der Waals surface area contributed by atoms with Gasteiger partial charge in [0.2, 0.25) is 0 Å². The molecule has 0 saturated carbocycles. The summed E-state index contributed by atoms with van der Waals surface area (Å²) in [6.07, 6.45) is 0. The van der Waals surface area contributed by atoms with Gasteiger partial charge >= 0.3 is 0 Å². The highest BCUT2D eigenvalue weighted by Crippen LogP contribution is 2.28. The number of rotatable bonds is 7. The van der Waals surface area contributed by atoms with E-state index in [2.05, 4.69) is 35.8 Å². The molecular weight excluding hydrogens is 390 g/mol. The number of aryl methyl sites for hydroxylation is 2. The Kier molecular flexibility index (Phi) is 7.31. The number of amides is 1.